The molecule has 4 heterocycles. The summed E-state index contributed by atoms with van der Waals surface area (Å²) in [6.07, 6.45) is 2.06. The van der Waals surface area contributed by atoms with Crippen molar-refractivity contribution in [1.29, 1.82) is 5.26 Å². The van der Waals surface area contributed by atoms with Gasteiger partial charge in [0.05, 0.1) is 30.9 Å². The summed E-state index contributed by atoms with van der Waals surface area (Å²) >= 11 is 1.35. The molecule has 1 amide bonds. The number of rotatable bonds is 8. The number of thiazole rings is 1. The number of hydrogen-bond donors (Lipinski definition) is 2. The summed E-state index contributed by atoms with van der Waals surface area (Å²) in [7, 11) is 0. The topological polar surface area (TPSA) is 125 Å². The van der Waals surface area contributed by atoms with E-state index in [1.807, 2.05) is 32.0 Å². The van der Waals surface area contributed by atoms with Crippen LogP contribution in [0.25, 0.3) is 0 Å². The van der Waals surface area contributed by atoms with Crippen LogP contribution in [-0.2, 0) is 6.54 Å². The lowest BCUT2D eigenvalue weighted by atomic mass is 10.1. The maximum Gasteiger partial charge on any atom is 0.270 e. The third kappa shape index (κ3) is 5.09. The van der Waals surface area contributed by atoms with E-state index in [1.165, 1.54) is 11.3 Å². The average Bonchev–Trinajstić information content (AvgIpc) is 3.49. The van der Waals surface area contributed by atoms with E-state index in [1.54, 1.807) is 10.1 Å². The zero-order valence-electron chi connectivity index (χ0n) is 18.1. The minimum atomic E-state index is -0.233. The highest BCUT2D eigenvalue weighted by Crippen LogP contribution is 2.31. The standard InChI is InChI=1S/C21H25N9OS/c1-14-24-15(2)30(28-14)12-9-23-20(31)17-13-32-21(26-17)27-19-7-3-5-16(25-19)18-6-4-10-29(18)11-8-22/h3,5,7,13,18H,4,6,9-12H2,1-2H3,(H,23,31)(H,25,26,27)/t18-/m0/s1. The maximum absolute atomic E-state index is 12.4. The van der Waals surface area contributed by atoms with Crippen LogP contribution in [0.3, 0.4) is 0 Å². The minimum Gasteiger partial charge on any atom is -0.349 e. The number of likely N-dealkylation sites (tertiary alicyclic amines) is 1. The van der Waals surface area contributed by atoms with Crippen molar-refractivity contribution in [3.05, 3.63) is 46.6 Å². The number of pyridine rings is 1. The van der Waals surface area contributed by atoms with Gasteiger partial charge in [-0.25, -0.2) is 19.6 Å². The smallest absolute Gasteiger partial charge is 0.270 e. The molecule has 1 saturated heterocycles. The van der Waals surface area contributed by atoms with E-state index in [-0.39, 0.29) is 11.9 Å². The van der Waals surface area contributed by atoms with Gasteiger partial charge < -0.3 is 10.6 Å². The first-order valence-corrected chi connectivity index (χ1v) is 11.4. The molecule has 11 heteroatoms. The molecule has 1 aliphatic heterocycles. The van der Waals surface area contributed by atoms with Gasteiger partial charge in [-0.15, -0.1) is 11.3 Å². The van der Waals surface area contributed by atoms with Crippen LogP contribution in [0.4, 0.5) is 10.9 Å². The van der Waals surface area contributed by atoms with Crippen molar-refractivity contribution >= 4 is 28.2 Å². The third-order valence-electron chi connectivity index (χ3n) is 5.29. The van der Waals surface area contributed by atoms with Crippen LogP contribution >= 0.6 is 11.3 Å². The Bertz CT molecular complexity index is 1130. The molecule has 0 saturated carbocycles. The van der Waals surface area contributed by atoms with E-state index >= 15 is 0 Å². The fraction of sp³-hybridized carbons (Fsp3) is 0.429. The Labute approximate surface area is 190 Å². The van der Waals surface area contributed by atoms with Gasteiger partial charge in [-0.2, -0.15) is 10.4 Å². The quantitative estimate of drug-likeness (QED) is 0.501. The molecule has 3 aromatic heterocycles. The molecule has 0 bridgehead atoms. The van der Waals surface area contributed by atoms with Crippen molar-refractivity contribution in [2.45, 2.75) is 39.3 Å². The predicted molar refractivity (Wildman–Crippen MR) is 121 cm³/mol. The molecule has 1 fully saturated rings. The summed E-state index contributed by atoms with van der Waals surface area (Å²) in [5.74, 6) is 1.97. The fourth-order valence-corrected chi connectivity index (χ4v) is 4.53. The lowest BCUT2D eigenvalue weighted by molar-refractivity contribution is 0.0947. The molecule has 0 aromatic carbocycles. The van der Waals surface area contributed by atoms with Crippen LogP contribution in [0.5, 0.6) is 0 Å². The van der Waals surface area contributed by atoms with E-state index in [9.17, 15) is 4.79 Å². The Hall–Kier alpha value is -3.36. The number of amides is 1. The number of nitrogens with zero attached hydrogens (tertiary/aromatic N) is 7. The molecule has 2 N–H and O–H groups in total. The van der Waals surface area contributed by atoms with E-state index < -0.39 is 0 Å². The first-order chi connectivity index (χ1) is 15.5. The second-order valence-corrected chi connectivity index (χ2v) is 8.44. The number of carbonyl (C=O) groups is 1. The van der Waals surface area contributed by atoms with Gasteiger partial charge in [0, 0.05) is 11.9 Å². The van der Waals surface area contributed by atoms with Crippen molar-refractivity contribution in [2.24, 2.45) is 0 Å². The van der Waals surface area contributed by atoms with Crippen LogP contribution in [0, 0.1) is 25.2 Å². The number of anilines is 2. The van der Waals surface area contributed by atoms with Gasteiger partial charge in [-0.3, -0.25) is 9.69 Å². The highest BCUT2D eigenvalue weighted by molar-refractivity contribution is 7.14. The van der Waals surface area contributed by atoms with Crippen molar-refractivity contribution in [1.82, 2.24) is 34.9 Å². The lowest BCUT2D eigenvalue weighted by Crippen LogP contribution is -2.28. The Kier molecular flexibility index (Phi) is 6.72. The third-order valence-corrected chi connectivity index (χ3v) is 6.05. The molecule has 166 valence electrons. The average molecular weight is 452 g/mol. The normalized spacial score (nSPS) is 16.1. The Balaban J connectivity index is 1.34. The minimum absolute atomic E-state index is 0.159. The highest BCUT2D eigenvalue weighted by Gasteiger charge is 2.26. The molecule has 4 rings (SSSR count). The van der Waals surface area contributed by atoms with Crippen LogP contribution in [0.15, 0.2) is 23.6 Å². The van der Waals surface area contributed by atoms with Gasteiger partial charge in [0.2, 0.25) is 0 Å². The Morgan fingerprint density at radius 1 is 1.31 bits per heavy atom. The summed E-state index contributed by atoms with van der Waals surface area (Å²) in [6.45, 7) is 6.04. The van der Waals surface area contributed by atoms with Gasteiger partial charge in [0.1, 0.15) is 23.2 Å². The van der Waals surface area contributed by atoms with Crippen molar-refractivity contribution in [3.63, 3.8) is 0 Å². The van der Waals surface area contributed by atoms with E-state index in [0.717, 1.165) is 30.9 Å². The van der Waals surface area contributed by atoms with E-state index in [0.29, 0.717) is 42.1 Å². The summed E-state index contributed by atoms with van der Waals surface area (Å²) in [5, 5.41) is 21.7. The molecule has 10 nitrogen and oxygen atoms in total. The SMILES string of the molecule is Cc1nc(C)n(CCNC(=O)c2csc(Nc3cccc([C@@H]4CCCN4CC#N)n3)n2)n1. The second-order valence-electron chi connectivity index (χ2n) is 7.58. The molecule has 1 aliphatic rings. The van der Waals surface area contributed by atoms with Gasteiger partial charge in [-0.1, -0.05) is 6.07 Å². The largest absolute Gasteiger partial charge is 0.349 e. The zero-order valence-corrected chi connectivity index (χ0v) is 18.9. The van der Waals surface area contributed by atoms with Crippen molar-refractivity contribution < 1.29 is 4.79 Å². The van der Waals surface area contributed by atoms with Crippen molar-refractivity contribution in [2.75, 3.05) is 25.0 Å². The second kappa shape index (κ2) is 9.84. The molecular formula is C21H25N9OS. The fourth-order valence-electron chi connectivity index (χ4n) is 3.83. The lowest BCUT2D eigenvalue weighted by Gasteiger charge is -2.21. The van der Waals surface area contributed by atoms with Gasteiger partial charge in [-0.05, 0) is 45.4 Å². The molecule has 0 spiro atoms. The number of aryl methyl sites for hydroxylation is 2. The number of carbonyl (C=O) groups excluding carboxylic acids is 1. The first-order valence-electron chi connectivity index (χ1n) is 10.5. The Morgan fingerprint density at radius 3 is 2.97 bits per heavy atom. The number of nitrogens with one attached hydrogen (secondary N) is 2. The summed E-state index contributed by atoms with van der Waals surface area (Å²) < 4.78 is 1.77. The molecule has 0 unspecified atom stereocenters. The molecule has 1 atom stereocenters. The molecular weight excluding hydrogens is 426 g/mol. The van der Waals surface area contributed by atoms with Crippen LogP contribution in [-0.4, -0.2) is 55.2 Å². The van der Waals surface area contributed by atoms with Crippen LogP contribution in [0.1, 0.15) is 46.7 Å². The zero-order chi connectivity index (χ0) is 22.5. The summed E-state index contributed by atoms with van der Waals surface area (Å²) in [5.41, 5.74) is 1.30. The van der Waals surface area contributed by atoms with Crippen LogP contribution < -0.4 is 10.6 Å². The first kappa shape index (κ1) is 21.9. The summed E-state index contributed by atoms with van der Waals surface area (Å²) in [4.78, 5) is 27.9. The molecule has 32 heavy (non-hydrogen) atoms. The van der Waals surface area contributed by atoms with Gasteiger partial charge >= 0.3 is 0 Å². The van der Waals surface area contributed by atoms with E-state index in [2.05, 4.69) is 36.7 Å². The maximum atomic E-state index is 12.4. The predicted octanol–water partition coefficient (Wildman–Crippen LogP) is 2.58. The summed E-state index contributed by atoms with van der Waals surface area (Å²) in [6, 6.07) is 8.20. The monoisotopic (exact) mass is 451 g/mol. The number of nitriles is 1. The molecule has 0 aliphatic carbocycles. The molecule has 0 radical (unpaired) electrons. The Morgan fingerprint density at radius 2 is 2.19 bits per heavy atom. The van der Waals surface area contributed by atoms with Crippen molar-refractivity contribution in [3.8, 4) is 6.07 Å². The highest BCUT2D eigenvalue weighted by atomic mass is 32.1. The van der Waals surface area contributed by atoms with Gasteiger partial charge in [0.25, 0.3) is 5.91 Å². The van der Waals surface area contributed by atoms with E-state index in [4.69, 9.17) is 10.2 Å². The number of aromatic nitrogens is 5. The van der Waals surface area contributed by atoms with Crippen LogP contribution in [0.2, 0.25) is 0 Å². The van der Waals surface area contributed by atoms with Gasteiger partial charge in [0.15, 0.2) is 5.13 Å². The molecule has 3 aromatic rings. The number of hydrogen-bond acceptors (Lipinski definition) is 9.